The fraction of sp³-hybridized carbons (Fsp3) is 0.158. The second-order valence-corrected chi connectivity index (χ2v) is 5.45. The highest BCUT2D eigenvalue weighted by Crippen LogP contribution is 2.11. The Hall–Kier alpha value is -3.08. The van der Waals surface area contributed by atoms with Crippen LogP contribution in [0.25, 0.3) is 6.08 Å². The summed E-state index contributed by atoms with van der Waals surface area (Å²) in [6, 6.07) is 18.1. The van der Waals surface area contributed by atoms with Crippen molar-refractivity contribution in [2.24, 2.45) is 0 Å². The predicted octanol–water partition coefficient (Wildman–Crippen LogP) is 1.76. The molecule has 0 unspecified atom stereocenters. The van der Waals surface area contributed by atoms with Crippen molar-refractivity contribution in [3.05, 3.63) is 72.3 Å². The van der Waals surface area contributed by atoms with Gasteiger partial charge in [-0.3, -0.25) is 9.59 Å². The van der Waals surface area contributed by atoms with Gasteiger partial charge in [0.05, 0.1) is 6.04 Å². The van der Waals surface area contributed by atoms with Crippen LogP contribution in [0.4, 0.5) is 0 Å². The van der Waals surface area contributed by atoms with E-state index in [1.54, 1.807) is 12.1 Å². The largest absolute Gasteiger partial charge is 0.484 e. The first-order chi connectivity index (χ1) is 11.7. The van der Waals surface area contributed by atoms with E-state index in [4.69, 9.17) is 4.74 Å². The zero-order chi connectivity index (χ0) is 16.8. The molecule has 0 radical (unpaired) electrons. The van der Waals surface area contributed by atoms with Crippen molar-refractivity contribution in [3.63, 3.8) is 0 Å². The molecular formula is C19H18N2O3. The predicted molar refractivity (Wildman–Crippen MR) is 91.3 cm³/mol. The van der Waals surface area contributed by atoms with Gasteiger partial charge in [-0.1, -0.05) is 60.7 Å². The first kappa shape index (κ1) is 15.8. The lowest BCUT2D eigenvalue weighted by molar-refractivity contribution is -0.135. The Morgan fingerprint density at radius 3 is 2.42 bits per heavy atom. The molecule has 5 heteroatoms. The Bertz CT molecular complexity index is 729. The molecule has 0 bridgehead atoms. The first-order valence-corrected chi connectivity index (χ1v) is 7.73. The molecule has 1 aliphatic heterocycles. The molecule has 0 aliphatic carbocycles. The van der Waals surface area contributed by atoms with E-state index in [9.17, 15) is 9.59 Å². The van der Waals surface area contributed by atoms with Crippen molar-refractivity contribution >= 4 is 17.9 Å². The molecule has 0 saturated carbocycles. The van der Waals surface area contributed by atoms with E-state index in [2.05, 4.69) is 10.6 Å². The lowest BCUT2D eigenvalue weighted by atomic mass is 9.97. The van der Waals surface area contributed by atoms with Crippen LogP contribution in [0.1, 0.15) is 5.56 Å². The van der Waals surface area contributed by atoms with Gasteiger partial charge in [0.2, 0.25) is 5.91 Å². The van der Waals surface area contributed by atoms with Crippen LogP contribution in [0.3, 0.4) is 0 Å². The second kappa shape index (κ2) is 7.46. The number of β-lactam (4-membered cyclic amide) rings is 1. The minimum atomic E-state index is -0.558. The first-order valence-electron chi connectivity index (χ1n) is 7.73. The van der Waals surface area contributed by atoms with Crippen LogP contribution in [0, 0.1) is 0 Å². The zero-order valence-corrected chi connectivity index (χ0v) is 13.0. The normalized spacial score (nSPS) is 19.4. The van der Waals surface area contributed by atoms with Crippen LogP contribution in [0.15, 0.2) is 66.7 Å². The number of rotatable bonds is 6. The molecular weight excluding hydrogens is 304 g/mol. The molecule has 5 nitrogen and oxygen atoms in total. The summed E-state index contributed by atoms with van der Waals surface area (Å²) in [6.07, 6.45) is 3.80. The molecule has 122 valence electrons. The second-order valence-electron chi connectivity index (χ2n) is 5.45. The standard InChI is InChI=1S/C19H18N2O3/c22-17(13-24-15-9-5-2-6-10-15)21-18-16(20-19(18)23)12-11-14-7-3-1-4-8-14/h1-12,16,18H,13H2,(H,20,23)(H,21,22)/b12-11+/t16-,18+/m1/s1. The van der Waals surface area contributed by atoms with Crippen LogP contribution >= 0.6 is 0 Å². The number of benzene rings is 2. The summed E-state index contributed by atoms with van der Waals surface area (Å²) in [7, 11) is 0. The van der Waals surface area contributed by atoms with Crippen molar-refractivity contribution in [1.29, 1.82) is 0 Å². The zero-order valence-electron chi connectivity index (χ0n) is 13.0. The maximum atomic E-state index is 11.9. The van der Waals surface area contributed by atoms with E-state index in [1.807, 2.05) is 60.7 Å². The molecule has 3 rings (SSSR count). The molecule has 1 aliphatic rings. The Morgan fingerprint density at radius 1 is 1.08 bits per heavy atom. The Kier molecular flexibility index (Phi) is 4.91. The van der Waals surface area contributed by atoms with Crippen molar-refractivity contribution < 1.29 is 14.3 Å². The van der Waals surface area contributed by atoms with Gasteiger partial charge in [0.25, 0.3) is 5.91 Å². The fourth-order valence-electron chi connectivity index (χ4n) is 2.38. The summed E-state index contributed by atoms with van der Waals surface area (Å²) in [5, 5.41) is 5.46. The molecule has 2 aromatic carbocycles. The molecule has 2 amide bonds. The number of hydrogen-bond acceptors (Lipinski definition) is 3. The van der Waals surface area contributed by atoms with E-state index < -0.39 is 6.04 Å². The van der Waals surface area contributed by atoms with Gasteiger partial charge in [0, 0.05) is 0 Å². The van der Waals surface area contributed by atoms with E-state index in [0.717, 1.165) is 5.56 Å². The average molecular weight is 322 g/mol. The molecule has 2 aromatic rings. The number of amides is 2. The third-order valence-corrected chi connectivity index (χ3v) is 3.68. The van der Waals surface area contributed by atoms with Crippen molar-refractivity contribution in [1.82, 2.24) is 10.6 Å². The van der Waals surface area contributed by atoms with Gasteiger partial charge in [0.1, 0.15) is 11.8 Å². The van der Waals surface area contributed by atoms with Gasteiger partial charge in [-0.25, -0.2) is 0 Å². The molecule has 1 heterocycles. The summed E-state index contributed by atoms with van der Waals surface area (Å²) in [6.45, 7) is -0.122. The number of carbonyl (C=O) groups is 2. The third kappa shape index (κ3) is 4.01. The van der Waals surface area contributed by atoms with Gasteiger partial charge in [-0.2, -0.15) is 0 Å². The summed E-state index contributed by atoms with van der Waals surface area (Å²) < 4.78 is 5.38. The minimum absolute atomic E-state index is 0.122. The molecule has 2 N–H and O–H groups in total. The maximum absolute atomic E-state index is 11.9. The molecule has 0 aromatic heterocycles. The number of carbonyl (C=O) groups excluding carboxylic acids is 2. The Morgan fingerprint density at radius 2 is 1.75 bits per heavy atom. The van der Waals surface area contributed by atoms with E-state index in [1.165, 1.54) is 0 Å². The van der Waals surface area contributed by atoms with Gasteiger partial charge in [-0.15, -0.1) is 0 Å². The molecule has 2 atom stereocenters. The van der Waals surface area contributed by atoms with Crippen LogP contribution in [0.5, 0.6) is 5.75 Å². The van der Waals surface area contributed by atoms with Gasteiger partial charge in [-0.05, 0) is 17.7 Å². The van der Waals surface area contributed by atoms with E-state index >= 15 is 0 Å². The van der Waals surface area contributed by atoms with Crippen LogP contribution < -0.4 is 15.4 Å². The fourth-order valence-corrected chi connectivity index (χ4v) is 2.38. The number of para-hydroxylation sites is 1. The lowest BCUT2D eigenvalue weighted by Crippen LogP contribution is -2.68. The highest BCUT2D eigenvalue weighted by atomic mass is 16.5. The smallest absolute Gasteiger partial charge is 0.258 e. The molecule has 1 saturated heterocycles. The van der Waals surface area contributed by atoms with Gasteiger partial charge >= 0.3 is 0 Å². The Labute approximate surface area is 140 Å². The monoisotopic (exact) mass is 322 g/mol. The number of hydrogen-bond donors (Lipinski definition) is 2. The van der Waals surface area contributed by atoms with Crippen molar-refractivity contribution in [2.75, 3.05) is 6.61 Å². The Balaban J connectivity index is 1.50. The topological polar surface area (TPSA) is 67.4 Å². The summed E-state index contributed by atoms with van der Waals surface area (Å²) in [4.78, 5) is 23.6. The lowest BCUT2D eigenvalue weighted by Gasteiger charge is -2.35. The highest BCUT2D eigenvalue weighted by Gasteiger charge is 2.38. The maximum Gasteiger partial charge on any atom is 0.258 e. The van der Waals surface area contributed by atoms with Crippen LogP contribution in [-0.4, -0.2) is 30.5 Å². The van der Waals surface area contributed by atoms with Crippen LogP contribution in [-0.2, 0) is 9.59 Å². The van der Waals surface area contributed by atoms with E-state index in [-0.39, 0.29) is 24.5 Å². The van der Waals surface area contributed by atoms with Gasteiger partial charge in [0.15, 0.2) is 6.61 Å². The van der Waals surface area contributed by atoms with Crippen LogP contribution in [0.2, 0.25) is 0 Å². The molecule has 1 fully saturated rings. The van der Waals surface area contributed by atoms with Crippen molar-refractivity contribution in [3.8, 4) is 5.75 Å². The third-order valence-electron chi connectivity index (χ3n) is 3.68. The summed E-state index contributed by atoms with van der Waals surface area (Å²) >= 11 is 0. The minimum Gasteiger partial charge on any atom is -0.484 e. The SMILES string of the molecule is O=C(COc1ccccc1)N[C@@H]1C(=O)N[C@@H]1/C=C/c1ccccc1. The van der Waals surface area contributed by atoms with Crippen molar-refractivity contribution in [2.45, 2.75) is 12.1 Å². The number of ether oxygens (including phenoxy) is 1. The average Bonchev–Trinajstić information content (AvgIpc) is 2.63. The summed E-state index contributed by atoms with van der Waals surface area (Å²) in [5.41, 5.74) is 1.04. The van der Waals surface area contributed by atoms with Gasteiger partial charge < -0.3 is 15.4 Å². The molecule has 0 spiro atoms. The molecule has 24 heavy (non-hydrogen) atoms. The quantitative estimate of drug-likeness (QED) is 0.797. The highest BCUT2D eigenvalue weighted by molar-refractivity contribution is 5.94. The summed E-state index contributed by atoms with van der Waals surface area (Å²) in [5.74, 6) is 0.105. The van der Waals surface area contributed by atoms with E-state index in [0.29, 0.717) is 5.75 Å². The number of nitrogens with one attached hydrogen (secondary N) is 2.